The summed E-state index contributed by atoms with van der Waals surface area (Å²) in [4.78, 5) is 12.5. The number of nitrogens with one attached hydrogen (secondary N) is 1. The predicted molar refractivity (Wildman–Crippen MR) is 68.2 cm³/mol. The number of aromatic nitrogens is 2. The number of nitrogen functional groups attached to an aromatic ring is 1. The van der Waals surface area contributed by atoms with Crippen LogP contribution < -0.4 is 11.1 Å². The average molecular weight is 248 g/mol. The second-order valence-electron chi connectivity index (χ2n) is 3.72. The number of carbonyl (C=O) groups is 1. The summed E-state index contributed by atoms with van der Waals surface area (Å²) in [6.45, 7) is 3.66. The molecule has 0 fully saturated rings. The van der Waals surface area contributed by atoms with Crippen molar-refractivity contribution in [3.63, 3.8) is 0 Å². The minimum Gasteiger partial charge on any atom is -0.399 e. The van der Waals surface area contributed by atoms with Crippen LogP contribution in [0.15, 0.2) is 18.2 Å². The SMILES string of the molecule is Cc1ccc(N)cc1NC(=O)c1snnc1C. The lowest BCUT2D eigenvalue weighted by molar-refractivity contribution is 0.102. The van der Waals surface area contributed by atoms with Gasteiger partial charge in [-0.15, -0.1) is 5.10 Å². The second kappa shape index (κ2) is 4.50. The number of benzene rings is 1. The number of amides is 1. The van der Waals surface area contributed by atoms with Crippen molar-refractivity contribution in [3.05, 3.63) is 34.3 Å². The van der Waals surface area contributed by atoms with Crippen molar-refractivity contribution in [2.45, 2.75) is 13.8 Å². The molecule has 0 aliphatic carbocycles. The lowest BCUT2D eigenvalue weighted by atomic mass is 10.2. The molecule has 0 atom stereocenters. The highest BCUT2D eigenvalue weighted by atomic mass is 32.1. The zero-order valence-electron chi connectivity index (χ0n) is 9.52. The Morgan fingerprint density at radius 1 is 1.41 bits per heavy atom. The molecule has 2 aromatic rings. The first-order valence-electron chi connectivity index (χ1n) is 5.04. The van der Waals surface area contributed by atoms with Crippen molar-refractivity contribution in [2.75, 3.05) is 11.1 Å². The fourth-order valence-electron chi connectivity index (χ4n) is 1.39. The van der Waals surface area contributed by atoms with E-state index in [0.717, 1.165) is 17.1 Å². The summed E-state index contributed by atoms with van der Waals surface area (Å²) in [6.07, 6.45) is 0. The van der Waals surface area contributed by atoms with E-state index in [4.69, 9.17) is 5.73 Å². The van der Waals surface area contributed by atoms with E-state index in [1.54, 1.807) is 19.1 Å². The van der Waals surface area contributed by atoms with Crippen LogP contribution in [0.5, 0.6) is 0 Å². The van der Waals surface area contributed by atoms with Gasteiger partial charge in [0, 0.05) is 11.4 Å². The Labute approximate surface area is 103 Å². The van der Waals surface area contributed by atoms with E-state index in [2.05, 4.69) is 14.9 Å². The highest BCUT2D eigenvalue weighted by Crippen LogP contribution is 2.20. The van der Waals surface area contributed by atoms with Crippen LogP contribution in [0.3, 0.4) is 0 Å². The van der Waals surface area contributed by atoms with E-state index in [1.807, 2.05) is 13.0 Å². The quantitative estimate of drug-likeness (QED) is 0.796. The van der Waals surface area contributed by atoms with E-state index in [-0.39, 0.29) is 5.91 Å². The second-order valence-corrected chi connectivity index (χ2v) is 4.47. The van der Waals surface area contributed by atoms with E-state index in [1.165, 1.54) is 0 Å². The van der Waals surface area contributed by atoms with Crippen LogP contribution in [0.2, 0.25) is 0 Å². The Bertz CT molecular complexity index is 564. The molecule has 3 N–H and O–H groups in total. The standard InChI is InChI=1S/C11H12N4OS/c1-6-3-4-8(12)5-9(6)13-11(16)10-7(2)14-15-17-10/h3-5H,12H2,1-2H3,(H,13,16). The molecule has 17 heavy (non-hydrogen) atoms. The molecule has 0 bridgehead atoms. The first-order chi connectivity index (χ1) is 8.08. The van der Waals surface area contributed by atoms with E-state index in [9.17, 15) is 4.79 Å². The fraction of sp³-hybridized carbons (Fsp3) is 0.182. The molecule has 1 aromatic heterocycles. The fourth-order valence-corrected chi connectivity index (χ4v) is 1.94. The molecule has 0 radical (unpaired) electrons. The molecule has 0 saturated carbocycles. The smallest absolute Gasteiger partial charge is 0.269 e. The van der Waals surface area contributed by atoms with Crippen LogP contribution >= 0.6 is 11.5 Å². The molecule has 1 amide bonds. The van der Waals surface area contributed by atoms with Gasteiger partial charge in [0.05, 0.1) is 5.69 Å². The Kier molecular flexibility index (Phi) is 3.06. The lowest BCUT2D eigenvalue weighted by Crippen LogP contribution is -2.12. The van der Waals surface area contributed by atoms with Crippen molar-refractivity contribution >= 4 is 28.8 Å². The average Bonchev–Trinajstić information content (AvgIpc) is 2.70. The van der Waals surface area contributed by atoms with E-state index < -0.39 is 0 Å². The van der Waals surface area contributed by atoms with Crippen LogP contribution in [0, 0.1) is 13.8 Å². The molecule has 88 valence electrons. The number of hydrogen-bond donors (Lipinski definition) is 2. The highest BCUT2D eigenvalue weighted by molar-refractivity contribution is 7.08. The third-order valence-electron chi connectivity index (χ3n) is 2.37. The summed E-state index contributed by atoms with van der Waals surface area (Å²) in [5.74, 6) is -0.203. The first-order valence-corrected chi connectivity index (χ1v) is 5.81. The third-order valence-corrected chi connectivity index (χ3v) is 3.19. The van der Waals surface area contributed by atoms with Crippen LogP contribution in [-0.4, -0.2) is 15.5 Å². The van der Waals surface area contributed by atoms with Gasteiger partial charge < -0.3 is 11.1 Å². The molecular formula is C11H12N4OS. The van der Waals surface area contributed by atoms with E-state index in [0.29, 0.717) is 21.9 Å². The zero-order chi connectivity index (χ0) is 12.4. The molecule has 0 saturated heterocycles. The largest absolute Gasteiger partial charge is 0.399 e. The number of carbonyl (C=O) groups excluding carboxylic acids is 1. The molecule has 2 rings (SSSR count). The van der Waals surface area contributed by atoms with Gasteiger partial charge in [0.25, 0.3) is 5.91 Å². The normalized spacial score (nSPS) is 10.2. The van der Waals surface area contributed by atoms with Crippen molar-refractivity contribution < 1.29 is 4.79 Å². The van der Waals surface area contributed by atoms with E-state index >= 15 is 0 Å². The van der Waals surface area contributed by atoms with Gasteiger partial charge in [-0.3, -0.25) is 4.79 Å². The first kappa shape index (κ1) is 11.5. The van der Waals surface area contributed by atoms with Gasteiger partial charge in [0.15, 0.2) is 0 Å². The summed E-state index contributed by atoms with van der Waals surface area (Å²) in [5.41, 5.74) is 8.60. The summed E-state index contributed by atoms with van der Waals surface area (Å²) in [7, 11) is 0. The minimum absolute atomic E-state index is 0.203. The molecule has 0 aliphatic rings. The van der Waals surface area contributed by atoms with Gasteiger partial charge in [-0.2, -0.15) is 0 Å². The Morgan fingerprint density at radius 2 is 2.18 bits per heavy atom. The number of nitrogens with zero attached hydrogens (tertiary/aromatic N) is 2. The number of nitrogens with two attached hydrogens (primary N) is 1. The summed E-state index contributed by atoms with van der Waals surface area (Å²) >= 11 is 1.08. The van der Waals surface area contributed by atoms with Crippen LogP contribution in [0.25, 0.3) is 0 Å². The van der Waals surface area contributed by atoms with Crippen LogP contribution in [-0.2, 0) is 0 Å². The van der Waals surface area contributed by atoms with Gasteiger partial charge in [-0.25, -0.2) is 0 Å². The number of hydrogen-bond acceptors (Lipinski definition) is 5. The van der Waals surface area contributed by atoms with Crippen molar-refractivity contribution in [1.82, 2.24) is 9.59 Å². The highest BCUT2D eigenvalue weighted by Gasteiger charge is 2.14. The number of anilines is 2. The summed E-state index contributed by atoms with van der Waals surface area (Å²) in [5, 5.41) is 6.61. The summed E-state index contributed by atoms with van der Waals surface area (Å²) < 4.78 is 3.73. The maximum Gasteiger partial charge on any atom is 0.269 e. The van der Waals surface area contributed by atoms with Gasteiger partial charge in [0.1, 0.15) is 4.88 Å². The Hall–Kier alpha value is -1.95. The van der Waals surface area contributed by atoms with Crippen molar-refractivity contribution in [3.8, 4) is 0 Å². The van der Waals surface area contributed by atoms with Crippen LogP contribution in [0.4, 0.5) is 11.4 Å². The Morgan fingerprint density at radius 3 is 2.82 bits per heavy atom. The molecule has 5 nitrogen and oxygen atoms in total. The molecule has 0 unspecified atom stereocenters. The molecule has 0 aliphatic heterocycles. The van der Waals surface area contributed by atoms with Crippen LogP contribution in [0.1, 0.15) is 20.9 Å². The molecule has 6 heteroatoms. The molecule has 1 aromatic carbocycles. The predicted octanol–water partition coefficient (Wildman–Crippen LogP) is 1.99. The zero-order valence-corrected chi connectivity index (χ0v) is 10.3. The van der Waals surface area contributed by atoms with Gasteiger partial charge in [0.2, 0.25) is 0 Å². The topological polar surface area (TPSA) is 80.9 Å². The third kappa shape index (κ3) is 2.42. The molecular weight excluding hydrogens is 236 g/mol. The maximum atomic E-state index is 11.9. The van der Waals surface area contributed by atoms with Crippen molar-refractivity contribution in [2.24, 2.45) is 0 Å². The van der Waals surface area contributed by atoms with Gasteiger partial charge in [-0.1, -0.05) is 10.6 Å². The molecule has 1 heterocycles. The number of aryl methyl sites for hydroxylation is 2. The van der Waals surface area contributed by atoms with Gasteiger partial charge in [-0.05, 0) is 43.1 Å². The maximum absolute atomic E-state index is 11.9. The summed E-state index contributed by atoms with van der Waals surface area (Å²) in [6, 6.07) is 5.39. The minimum atomic E-state index is -0.203. The Balaban J connectivity index is 2.24. The number of rotatable bonds is 2. The van der Waals surface area contributed by atoms with Gasteiger partial charge >= 0.3 is 0 Å². The lowest BCUT2D eigenvalue weighted by Gasteiger charge is -2.08. The van der Waals surface area contributed by atoms with Crippen molar-refractivity contribution in [1.29, 1.82) is 0 Å². The molecule has 0 spiro atoms. The monoisotopic (exact) mass is 248 g/mol.